The third kappa shape index (κ3) is 2.14. The van der Waals surface area contributed by atoms with Crippen LogP contribution < -0.4 is 16.8 Å². The quantitative estimate of drug-likeness (QED) is 0.625. The number of rotatable bonds is 3. The van der Waals surface area contributed by atoms with Crippen LogP contribution in [0.25, 0.3) is 0 Å². The molecule has 0 aliphatic carbocycles. The van der Waals surface area contributed by atoms with E-state index >= 15 is 0 Å². The Balaban J connectivity index is 2.32. The molecule has 18 heavy (non-hydrogen) atoms. The topological polar surface area (TPSA) is 119 Å². The Morgan fingerprint density at radius 2 is 2.17 bits per heavy atom. The number of nitrogens with one attached hydrogen (secondary N) is 2. The van der Waals surface area contributed by atoms with Crippen LogP contribution >= 0.6 is 11.6 Å². The highest BCUT2D eigenvalue weighted by Crippen LogP contribution is 2.35. The van der Waals surface area contributed by atoms with Crippen LogP contribution in [-0.2, 0) is 0 Å². The zero-order chi connectivity index (χ0) is 13.3. The van der Waals surface area contributed by atoms with Gasteiger partial charge in [0.25, 0.3) is 0 Å². The highest BCUT2D eigenvalue weighted by Gasteiger charge is 2.18. The largest absolute Gasteiger partial charge is 0.397 e. The molecule has 96 valence electrons. The molecule has 0 spiro atoms. The minimum absolute atomic E-state index is 0.0616. The summed E-state index contributed by atoms with van der Waals surface area (Å²) >= 11 is 5.72. The molecule has 1 atom stereocenters. The first-order valence-corrected chi connectivity index (χ1v) is 5.41. The summed E-state index contributed by atoms with van der Waals surface area (Å²) in [6.07, 6.45) is 0. The van der Waals surface area contributed by atoms with E-state index in [1.54, 1.807) is 6.92 Å². The average Bonchev–Trinajstić information content (AvgIpc) is 2.85. The van der Waals surface area contributed by atoms with Gasteiger partial charge in [-0.3, -0.25) is 0 Å². The second-order valence-electron chi connectivity index (χ2n) is 3.69. The molecule has 0 saturated heterocycles. The van der Waals surface area contributed by atoms with Gasteiger partial charge in [-0.15, -0.1) is 10.2 Å². The molecule has 0 bridgehead atoms. The minimum atomic E-state index is -0.704. The molecule has 2 rings (SSSR count). The van der Waals surface area contributed by atoms with Gasteiger partial charge in [0.05, 0.1) is 23.1 Å². The summed E-state index contributed by atoms with van der Waals surface area (Å²) in [6.45, 7) is 1.73. The Morgan fingerprint density at radius 3 is 2.78 bits per heavy atom. The predicted molar refractivity (Wildman–Crippen MR) is 66.5 cm³/mol. The standard InChI is InChI=1S/C9H11ClFN7/c1-3(9-15-17-18-16-9)14-8-5(13)2-4(12)6(10)7(8)11/h2-3,14H,12-13H2,1H3,(H,15,16,17,18). The number of H-pyrrole nitrogens is 1. The fraction of sp³-hybridized carbons (Fsp3) is 0.222. The van der Waals surface area contributed by atoms with Crippen molar-refractivity contribution in [3.8, 4) is 0 Å². The summed E-state index contributed by atoms with van der Waals surface area (Å²) in [5, 5.41) is 15.9. The van der Waals surface area contributed by atoms with Crippen molar-refractivity contribution in [3.05, 3.63) is 22.7 Å². The summed E-state index contributed by atoms with van der Waals surface area (Å²) in [5.74, 6) is -0.328. The number of benzene rings is 1. The summed E-state index contributed by atoms with van der Waals surface area (Å²) in [7, 11) is 0. The van der Waals surface area contributed by atoms with Gasteiger partial charge in [0.1, 0.15) is 5.02 Å². The van der Waals surface area contributed by atoms with Gasteiger partial charge >= 0.3 is 0 Å². The number of tetrazole rings is 1. The fourth-order valence-corrected chi connectivity index (χ4v) is 1.60. The Labute approximate surface area is 107 Å². The summed E-state index contributed by atoms with van der Waals surface area (Å²) in [6, 6.07) is 0.997. The van der Waals surface area contributed by atoms with Gasteiger partial charge in [0.15, 0.2) is 11.6 Å². The molecule has 1 aromatic carbocycles. The number of nitrogen functional groups attached to an aromatic ring is 2. The Morgan fingerprint density at radius 1 is 1.44 bits per heavy atom. The third-order valence-electron chi connectivity index (χ3n) is 2.38. The molecule has 1 unspecified atom stereocenters. The molecule has 0 radical (unpaired) electrons. The maximum Gasteiger partial charge on any atom is 0.196 e. The maximum atomic E-state index is 13.9. The average molecular weight is 272 g/mol. The Kier molecular flexibility index (Phi) is 3.19. The molecule has 0 aliphatic heterocycles. The molecular weight excluding hydrogens is 261 g/mol. The van der Waals surface area contributed by atoms with E-state index in [1.807, 2.05) is 0 Å². The number of nitrogens with two attached hydrogens (primary N) is 2. The summed E-state index contributed by atoms with van der Waals surface area (Å²) in [4.78, 5) is 0. The molecule has 0 fully saturated rings. The van der Waals surface area contributed by atoms with E-state index in [1.165, 1.54) is 6.07 Å². The van der Waals surface area contributed by atoms with Gasteiger partial charge in [-0.2, -0.15) is 5.21 Å². The molecule has 9 heteroatoms. The minimum Gasteiger partial charge on any atom is -0.397 e. The first-order chi connectivity index (χ1) is 8.50. The zero-order valence-electron chi connectivity index (χ0n) is 9.41. The second-order valence-corrected chi connectivity index (χ2v) is 4.07. The van der Waals surface area contributed by atoms with Crippen LogP contribution in [0, 0.1) is 5.82 Å². The molecule has 7 nitrogen and oxygen atoms in total. The van der Waals surface area contributed by atoms with E-state index in [9.17, 15) is 4.39 Å². The second kappa shape index (κ2) is 4.65. The van der Waals surface area contributed by atoms with Gasteiger partial charge in [-0.1, -0.05) is 16.8 Å². The van der Waals surface area contributed by atoms with E-state index < -0.39 is 5.82 Å². The van der Waals surface area contributed by atoms with Gasteiger partial charge in [-0.05, 0) is 13.0 Å². The zero-order valence-corrected chi connectivity index (χ0v) is 10.2. The van der Waals surface area contributed by atoms with Gasteiger partial charge in [-0.25, -0.2) is 4.39 Å². The highest BCUT2D eigenvalue weighted by molar-refractivity contribution is 6.33. The summed E-state index contributed by atoms with van der Waals surface area (Å²) in [5.41, 5.74) is 11.5. The van der Waals surface area contributed by atoms with Crippen LogP contribution in [0.15, 0.2) is 6.07 Å². The first kappa shape index (κ1) is 12.4. The van der Waals surface area contributed by atoms with Gasteiger partial charge in [0, 0.05) is 0 Å². The Bertz CT molecular complexity index is 557. The lowest BCUT2D eigenvalue weighted by molar-refractivity contribution is 0.628. The van der Waals surface area contributed by atoms with Crippen LogP contribution in [0.3, 0.4) is 0 Å². The van der Waals surface area contributed by atoms with E-state index in [2.05, 4.69) is 25.9 Å². The van der Waals surface area contributed by atoms with Crippen molar-refractivity contribution < 1.29 is 4.39 Å². The van der Waals surface area contributed by atoms with Crippen LogP contribution in [0.5, 0.6) is 0 Å². The van der Waals surface area contributed by atoms with Crippen LogP contribution in [0.2, 0.25) is 5.02 Å². The van der Waals surface area contributed by atoms with E-state index in [0.29, 0.717) is 5.82 Å². The fourth-order valence-electron chi connectivity index (χ4n) is 1.45. The molecule has 0 saturated carbocycles. The molecule has 6 N–H and O–H groups in total. The lowest BCUT2D eigenvalue weighted by Crippen LogP contribution is -2.12. The van der Waals surface area contributed by atoms with E-state index in [0.717, 1.165) is 0 Å². The van der Waals surface area contributed by atoms with Crippen molar-refractivity contribution >= 4 is 28.7 Å². The SMILES string of the molecule is CC(Nc1c(N)cc(N)c(Cl)c1F)c1nn[nH]n1. The predicted octanol–water partition coefficient (Wildman–Crippen LogP) is 1.33. The molecule has 0 amide bonds. The smallest absolute Gasteiger partial charge is 0.196 e. The lowest BCUT2D eigenvalue weighted by atomic mass is 10.2. The van der Waals surface area contributed by atoms with Crippen molar-refractivity contribution in [2.45, 2.75) is 13.0 Å². The molecule has 0 aliphatic rings. The van der Waals surface area contributed by atoms with Gasteiger partial charge < -0.3 is 16.8 Å². The number of hydrogen-bond donors (Lipinski definition) is 4. The van der Waals surface area contributed by atoms with Crippen molar-refractivity contribution in [1.29, 1.82) is 0 Å². The number of anilines is 3. The lowest BCUT2D eigenvalue weighted by Gasteiger charge is -2.16. The van der Waals surface area contributed by atoms with Crippen LogP contribution in [0.1, 0.15) is 18.8 Å². The van der Waals surface area contributed by atoms with Crippen molar-refractivity contribution in [2.75, 3.05) is 16.8 Å². The number of nitrogens with zero attached hydrogens (tertiary/aromatic N) is 3. The normalized spacial score (nSPS) is 12.4. The van der Waals surface area contributed by atoms with Gasteiger partial charge in [0.2, 0.25) is 0 Å². The highest BCUT2D eigenvalue weighted by atomic mass is 35.5. The molecule has 2 aromatic rings. The molecular formula is C9H11ClFN7. The van der Waals surface area contributed by atoms with E-state index in [-0.39, 0.29) is 28.1 Å². The van der Waals surface area contributed by atoms with Crippen LogP contribution in [-0.4, -0.2) is 20.6 Å². The van der Waals surface area contributed by atoms with Crippen molar-refractivity contribution in [3.63, 3.8) is 0 Å². The third-order valence-corrected chi connectivity index (χ3v) is 2.76. The number of aromatic amines is 1. The molecule has 1 aromatic heterocycles. The first-order valence-electron chi connectivity index (χ1n) is 5.03. The number of aromatic nitrogens is 4. The van der Waals surface area contributed by atoms with Crippen molar-refractivity contribution in [1.82, 2.24) is 20.6 Å². The number of hydrogen-bond acceptors (Lipinski definition) is 6. The van der Waals surface area contributed by atoms with Crippen LogP contribution in [0.4, 0.5) is 21.5 Å². The summed E-state index contributed by atoms with van der Waals surface area (Å²) < 4.78 is 13.9. The van der Waals surface area contributed by atoms with E-state index in [4.69, 9.17) is 23.1 Å². The van der Waals surface area contributed by atoms with Crippen molar-refractivity contribution in [2.24, 2.45) is 0 Å². The monoisotopic (exact) mass is 271 g/mol. The Hall–Kier alpha value is -2.09. The molecule has 1 heterocycles. The number of halogens is 2. The maximum absolute atomic E-state index is 13.9.